The van der Waals surface area contributed by atoms with E-state index < -0.39 is 11.9 Å². The van der Waals surface area contributed by atoms with E-state index in [2.05, 4.69) is 5.10 Å². The number of rotatable bonds is 5. The molecule has 2 aliphatic heterocycles. The van der Waals surface area contributed by atoms with Crippen LogP contribution in [0.1, 0.15) is 26.2 Å². The average Bonchev–Trinajstić information content (AvgIpc) is 3.14. The number of carbonyl (C=O) groups excluding carboxylic acids is 3. The fourth-order valence-electron chi connectivity index (χ4n) is 3.44. The molecular weight excluding hydrogens is 348 g/mol. The minimum Gasteiger partial charge on any atom is -0.466 e. The largest absolute Gasteiger partial charge is 0.466 e. The van der Waals surface area contributed by atoms with Crippen molar-refractivity contribution in [3.05, 3.63) is 30.3 Å². The number of esters is 1. The Hall–Kier alpha value is -2.90. The molecule has 0 aliphatic carbocycles. The van der Waals surface area contributed by atoms with E-state index in [1.807, 2.05) is 30.3 Å². The lowest BCUT2D eigenvalue weighted by Gasteiger charge is -2.30. The summed E-state index contributed by atoms with van der Waals surface area (Å²) in [7, 11) is 0. The maximum absolute atomic E-state index is 12.8. The summed E-state index contributed by atoms with van der Waals surface area (Å²) in [6, 6.07) is 8.49. The number of piperidine rings is 1. The Morgan fingerprint density at radius 3 is 2.44 bits per heavy atom. The highest BCUT2D eigenvalue weighted by Crippen LogP contribution is 2.26. The van der Waals surface area contributed by atoms with Crippen LogP contribution in [0.4, 0.5) is 5.69 Å². The molecule has 1 aromatic rings. The SMILES string of the molecule is CCOC(=O)C1CCN(C(=O)C2=NN(c3ccccc3)[C@@H](C(N)=O)C2)CC1. The molecule has 2 aliphatic rings. The molecule has 8 nitrogen and oxygen atoms in total. The minimum atomic E-state index is -0.677. The van der Waals surface area contributed by atoms with Crippen molar-refractivity contribution < 1.29 is 19.1 Å². The van der Waals surface area contributed by atoms with Crippen molar-refractivity contribution in [2.75, 3.05) is 24.7 Å². The summed E-state index contributed by atoms with van der Waals surface area (Å²) in [5.41, 5.74) is 6.55. The Morgan fingerprint density at radius 1 is 1.19 bits per heavy atom. The van der Waals surface area contributed by atoms with Crippen LogP contribution >= 0.6 is 0 Å². The zero-order chi connectivity index (χ0) is 19.4. The van der Waals surface area contributed by atoms with Gasteiger partial charge in [0.2, 0.25) is 5.91 Å². The third-order valence-corrected chi connectivity index (χ3v) is 4.91. The van der Waals surface area contributed by atoms with Gasteiger partial charge in [0.05, 0.1) is 18.2 Å². The van der Waals surface area contributed by atoms with Gasteiger partial charge in [0.15, 0.2) is 0 Å². The third kappa shape index (κ3) is 4.10. The zero-order valence-corrected chi connectivity index (χ0v) is 15.3. The summed E-state index contributed by atoms with van der Waals surface area (Å²) < 4.78 is 5.06. The van der Waals surface area contributed by atoms with Gasteiger partial charge in [0.1, 0.15) is 11.8 Å². The lowest BCUT2D eigenvalue weighted by Crippen LogP contribution is -2.44. The molecule has 2 heterocycles. The van der Waals surface area contributed by atoms with E-state index in [0.717, 1.165) is 0 Å². The Morgan fingerprint density at radius 2 is 1.85 bits per heavy atom. The van der Waals surface area contributed by atoms with Crippen molar-refractivity contribution in [1.82, 2.24) is 4.90 Å². The topological polar surface area (TPSA) is 105 Å². The quantitative estimate of drug-likeness (QED) is 0.774. The standard InChI is InChI=1S/C19H24N4O4/c1-2-27-19(26)13-8-10-22(11-9-13)18(25)15-12-16(17(20)24)23(21-15)14-6-4-3-5-7-14/h3-7,13,16H,2,8-12H2,1H3,(H2,20,24)/t16-/m1/s1. The Balaban J connectivity index is 1.68. The highest BCUT2D eigenvalue weighted by atomic mass is 16.5. The highest BCUT2D eigenvalue weighted by Gasteiger charge is 2.37. The molecular formula is C19H24N4O4. The van der Waals surface area contributed by atoms with Gasteiger partial charge in [-0.15, -0.1) is 0 Å². The van der Waals surface area contributed by atoms with Crippen LogP contribution in [0.2, 0.25) is 0 Å². The number of primary amides is 1. The molecule has 0 spiro atoms. The van der Waals surface area contributed by atoms with Crippen LogP contribution in [0, 0.1) is 5.92 Å². The van der Waals surface area contributed by atoms with Crippen LogP contribution in [0.3, 0.4) is 0 Å². The molecule has 0 radical (unpaired) electrons. The summed E-state index contributed by atoms with van der Waals surface area (Å²) >= 11 is 0. The third-order valence-electron chi connectivity index (χ3n) is 4.91. The number of carbonyl (C=O) groups is 3. The minimum absolute atomic E-state index is 0.168. The van der Waals surface area contributed by atoms with Crippen molar-refractivity contribution in [3.63, 3.8) is 0 Å². The first kappa shape index (κ1) is 18.9. The van der Waals surface area contributed by atoms with Crippen molar-refractivity contribution in [2.45, 2.75) is 32.2 Å². The molecule has 1 fully saturated rings. The highest BCUT2D eigenvalue weighted by molar-refractivity contribution is 6.40. The van der Waals surface area contributed by atoms with Gasteiger partial charge in [-0.05, 0) is 31.9 Å². The maximum atomic E-state index is 12.8. The predicted octanol–water partition coefficient (Wildman–Crippen LogP) is 0.908. The fourth-order valence-corrected chi connectivity index (χ4v) is 3.44. The van der Waals surface area contributed by atoms with E-state index in [0.29, 0.717) is 43.9 Å². The summed E-state index contributed by atoms with van der Waals surface area (Å²) in [6.07, 6.45) is 1.32. The molecule has 144 valence electrons. The molecule has 8 heteroatoms. The summed E-state index contributed by atoms with van der Waals surface area (Å²) in [4.78, 5) is 38.2. The van der Waals surface area contributed by atoms with E-state index >= 15 is 0 Å². The molecule has 0 bridgehead atoms. The Labute approximate surface area is 157 Å². The van der Waals surface area contributed by atoms with Crippen LogP contribution in [-0.2, 0) is 19.1 Å². The van der Waals surface area contributed by atoms with Crippen LogP contribution in [0.5, 0.6) is 0 Å². The molecule has 0 unspecified atom stereocenters. The van der Waals surface area contributed by atoms with Gasteiger partial charge < -0.3 is 15.4 Å². The average molecular weight is 372 g/mol. The van der Waals surface area contributed by atoms with E-state index in [9.17, 15) is 14.4 Å². The van der Waals surface area contributed by atoms with Gasteiger partial charge >= 0.3 is 5.97 Å². The fraction of sp³-hybridized carbons (Fsp3) is 0.474. The number of hydrogen-bond donors (Lipinski definition) is 1. The zero-order valence-electron chi connectivity index (χ0n) is 15.3. The van der Waals surface area contributed by atoms with Crippen LogP contribution in [0.25, 0.3) is 0 Å². The van der Waals surface area contributed by atoms with Crippen LogP contribution in [-0.4, -0.2) is 54.1 Å². The first-order chi connectivity index (χ1) is 13.0. The van der Waals surface area contributed by atoms with Crippen molar-refractivity contribution in [3.8, 4) is 0 Å². The number of nitrogens with two attached hydrogens (primary N) is 1. The number of ether oxygens (including phenoxy) is 1. The maximum Gasteiger partial charge on any atom is 0.309 e. The second-order valence-corrected chi connectivity index (χ2v) is 6.67. The number of nitrogens with zero attached hydrogens (tertiary/aromatic N) is 3. The molecule has 27 heavy (non-hydrogen) atoms. The number of hydrogen-bond acceptors (Lipinski definition) is 6. The van der Waals surface area contributed by atoms with Crippen LogP contribution < -0.4 is 10.7 Å². The second-order valence-electron chi connectivity index (χ2n) is 6.67. The number of likely N-dealkylation sites (tertiary alicyclic amines) is 1. The lowest BCUT2D eigenvalue weighted by atomic mass is 9.96. The second kappa shape index (κ2) is 8.20. The molecule has 3 rings (SSSR count). The number of hydrazone groups is 1. The summed E-state index contributed by atoms with van der Waals surface area (Å²) in [5, 5.41) is 5.90. The summed E-state index contributed by atoms with van der Waals surface area (Å²) in [6.45, 7) is 3.07. The molecule has 1 saturated heterocycles. The smallest absolute Gasteiger partial charge is 0.309 e. The number of benzene rings is 1. The first-order valence-corrected chi connectivity index (χ1v) is 9.18. The molecule has 0 aromatic heterocycles. The summed E-state index contributed by atoms with van der Waals surface area (Å²) in [5.74, 6) is -1.10. The molecule has 0 saturated carbocycles. The van der Waals surface area contributed by atoms with Gasteiger partial charge in [-0.2, -0.15) is 5.10 Å². The van der Waals surface area contributed by atoms with Crippen molar-refractivity contribution in [2.24, 2.45) is 16.8 Å². The molecule has 2 N–H and O–H groups in total. The Kier molecular flexibility index (Phi) is 5.73. The molecule has 1 aromatic carbocycles. The van der Waals surface area contributed by atoms with Gasteiger partial charge in [-0.3, -0.25) is 19.4 Å². The lowest BCUT2D eigenvalue weighted by molar-refractivity contribution is -0.150. The van der Waals surface area contributed by atoms with E-state index in [4.69, 9.17) is 10.5 Å². The van der Waals surface area contributed by atoms with E-state index in [1.165, 1.54) is 5.01 Å². The van der Waals surface area contributed by atoms with E-state index in [1.54, 1.807) is 11.8 Å². The number of amides is 2. The Bertz CT molecular complexity index is 741. The van der Waals surface area contributed by atoms with Gasteiger partial charge in [0, 0.05) is 19.5 Å². The first-order valence-electron chi connectivity index (χ1n) is 9.18. The van der Waals surface area contributed by atoms with Gasteiger partial charge in [0.25, 0.3) is 5.91 Å². The predicted molar refractivity (Wildman–Crippen MR) is 99.9 cm³/mol. The van der Waals surface area contributed by atoms with E-state index in [-0.39, 0.29) is 24.2 Å². The van der Waals surface area contributed by atoms with Crippen molar-refractivity contribution >= 4 is 29.2 Å². The van der Waals surface area contributed by atoms with Crippen LogP contribution in [0.15, 0.2) is 35.4 Å². The van der Waals surface area contributed by atoms with Gasteiger partial charge in [-0.25, -0.2) is 0 Å². The molecule has 1 atom stereocenters. The number of anilines is 1. The van der Waals surface area contributed by atoms with Crippen molar-refractivity contribution in [1.29, 1.82) is 0 Å². The number of para-hydroxylation sites is 1. The molecule has 2 amide bonds. The van der Waals surface area contributed by atoms with Gasteiger partial charge in [-0.1, -0.05) is 18.2 Å². The monoisotopic (exact) mass is 372 g/mol. The normalized spacial score (nSPS) is 20.3.